The fourth-order valence-corrected chi connectivity index (χ4v) is 1.53. The largest absolute Gasteiger partial charge is 0.493 e. The van der Waals surface area contributed by atoms with Gasteiger partial charge in [0.05, 0.1) is 7.11 Å². The van der Waals surface area contributed by atoms with Crippen molar-refractivity contribution in [3.63, 3.8) is 0 Å². The zero-order chi connectivity index (χ0) is 12.8. The van der Waals surface area contributed by atoms with Crippen molar-refractivity contribution in [2.24, 2.45) is 5.73 Å². The summed E-state index contributed by atoms with van der Waals surface area (Å²) in [5, 5.41) is 0. The van der Waals surface area contributed by atoms with E-state index >= 15 is 0 Å². The molecule has 1 amide bonds. The number of ether oxygens (including phenoxy) is 2. The molecule has 0 aromatic heterocycles. The standard InChI is InChI=1S/C13H19NO3/c1-4-9-6-7-11(12(8-9)16-3)17-10(5-2)13(14)15/h6-8,10H,4-5H2,1-3H3,(H2,14,15). The average Bonchev–Trinajstić information content (AvgIpc) is 2.35. The Labute approximate surface area is 102 Å². The number of benzene rings is 1. The van der Waals surface area contributed by atoms with Crippen LogP contribution in [0.25, 0.3) is 0 Å². The van der Waals surface area contributed by atoms with Crippen molar-refractivity contribution in [1.29, 1.82) is 0 Å². The molecule has 0 aliphatic heterocycles. The van der Waals surface area contributed by atoms with Gasteiger partial charge in [-0.05, 0) is 30.5 Å². The third kappa shape index (κ3) is 3.37. The van der Waals surface area contributed by atoms with E-state index in [1.807, 2.05) is 25.1 Å². The summed E-state index contributed by atoms with van der Waals surface area (Å²) in [6, 6.07) is 5.66. The lowest BCUT2D eigenvalue weighted by atomic mass is 10.1. The molecule has 1 atom stereocenters. The van der Waals surface area contributed by atoms with Gasteiger partial charge in [0, 0.05) is 0 Å². The van der Waals surface area contributed by atoms with E-state index in [-0.39, 0.29) is 0 Å². The molecule has 0 aliphatic carbocycles. The topological polar surface area (TPSA) is 61.5 Å². The lowest BCUT2D eigenvalue weighted by Gasteiger charge is -2.17. The summed E-state index contributed by atoms with van der Waals surface area (Å²) in [6.45, 7) is 3.91. The monoisotopic (exact) mass is 237 g/mol. The van der Waals surface area contributed by atoms with Gasteiger partial charge in [-0.25, -0.2) is 0 Å². The Morgan fingerprint density at radius 2 is 2.06 bits per heavy atom. The molecule has 0 radical (unpaired) electrons. The molecular weight excluding hydrogens is 218 g/mol. The van der Waals surface area contributed by atoms with Crippen LogP contribution in [0.1, 0.15) is 25.8 Å². The highest BCUT2D eigenvalue weighted by atomic mass is 16.5. The normalized spacial score (nSPS) is 11.9. The predicted octanol–water partition coefficient (Wildman–Crippen LogP) is 1.90. The van der Waals surface area contributed by atoms with E-state index in [1.165, 1.54) is 0 Å². The minimum atomic E-state index is -0.614. The lowest BCUT2D eigenvalue weighted by molar-refractivity contribution is -0.124. The minimum Gasteiger partial charge on any atom is -0.493 e. The third-order valence-electron chi connectivity index (χ3n) is 2.59. The minimum absolute atomic E-state index is 0.464. The van der Waals surface area contributed by atoms with Crippen molar-refractivity contribution in [2.45, 2.75) is 32.8 Å². The highest BCUT2D eigenvalue weighted by Crippen LogP contribution is 2.29. The number of carbonyl (C=O) groups is 1. The van der Waals surface area contributed by atoms with E-state index in [1.54, 1.807) is 7.11 Å². The molecule has 0 spiro atoms. The van der Waals surface area contributed by atoms with Crippen molar-refractivity contribution >= 4 is 5.91 Å². The Bertz CT molecular complexity index is 390. The zero-order valence-electron chi connectivity index (χ0n) is 10.5. The van der Waals surface area contributed by atoms with Gasteiger partial charge in [-0.15, -0.1) is 0 Å². The van der Waals surface area contributed by atoms with E-state index in [0.29, 0.717) is 17.9 Å². The van der Waals surface area contributed by atoms with Crippen LogP contribution in [0.2, 0.25) is 0 Å². The number of methoxy groups -OCH3 is 1. The number of rotatable bonds is 6. The van der Waals surface area contributed by atoms with Crippen molar-refractivity contribution in [3.8, 4) is 11.5 Å². The molecule has 0 aliphatic rings. The van der Waals surface area contributed by atoms with Gasteiger partial charge in [0.2, 0.25) is 0 Å². The summed E-state index contributed by atoms with van der Waals surface area (Å²) in [6.07, 6.45) is 0.842. The van der Waals surface area contributed by atoms with Crippen molar-refractivity contribution in [1.82, 2.24) is 0 Å². The summed E-state index contributed by atoms with van der Waals surface area (Å²) in [5.41, 5.74) is 6.39. The molecule has 0 bridgehead atoms. The molecule has 1 aromatic rings. The van der Waals surface area contributed by atoms with Crippen molar-refractivity contribution in [2.75, 3.05) is 7.11 Å². The Kier molecular flexibility index (Phi) is 4.82. The zero-order valence-corrected chi connectivity index (χ0v) is 10.5. The first-order valence-corrected chi connectivity index (χ1v) is 5.75. The van der Waals surface area contributed by atoms with Crippen LogP contribution < -0.4 is 15.2 Å². The van der Waals surface area contributed by atoms with E-state index in [0.717, 1.165) is 12.0 Å². The van der Waals surface area contributed by atoms with Crippen LogP contribution in [0.15, 0.2) is 18.2 Å². The molecule has 0 heterocycles. The van der Waals surface area contributed by atoms with Gasteiger partial charge in [0.1, 0.15) is 0 Å². The Hall–Kier alpha value is -1.71. The van der Waals surface area contributed by atoms with Crippen LogP contribution >= 0.6 is 0 Å². The predicted molar refractivity (Wildman–Crippen MR) is 66.3 cm³/mol. The van der Waals surface area contributed by atoms with Gasteiger partial charge in [-0.3, -0.25) is 4.79 Å². The fourth-order valence-electron chi connectivity index (χ4n) is 1.53. The smallest absolute Gasteiger partial charge is 0.258 e. The molecule has 17 heavy (non-hydrogen) atoms. The van der Waals surface area contributed by atoms with E-state index in [4.69, 9.17) is 15.2 Å². The maximum Gasteiger partial charge on any atom is 0.258 e. The molecular formula is C13H19NO3. The summed E-state index contributed by atoms with van der Waals surface area (Å²) < 4.78 is 10.8. The maximum atomic E-state index is 11.1. The van der Waals surface area contributed by atoms with Crippen molar-refractivity contribution in [3.05, 3.63) is 23.8 Å². The van der Waals surface area contributed by atoms with Gasteiger partial charge in [-0.2, -0.15) is 0 Å². The average molecular weight is 237 g/mol. The molecule has 0 saturated heterocycles. The SMILES string of the molecule is CCc1ccc(OC(CC)C(N)=O)c(OC)c1. The molecule has 94 valence electrons. The van der Waals surface area contributed by atoms with E-state index < -0.39 is 12.0 Å². The molecule has 2 N–H and O–H groups in total. The van der Waals surface area contributed by atoms with Gasteiger partial charge in [-0.1, -0.05) is 19.9 Å². The van der Waals surface area contributed by atoms with Crippen molar-refractivity contribution < 1.29 is 14.3 Å². The van der Waals surface area contributed by atoms with Crippen LogP contribution in [0.5, 0.6) is 11.5 Å². The summed E-state index contributed by atoms with van der Waals surface area (Å²) in [5.74, 6) is 0.716. The van der Waals surface area contributed by atoms with Gasteiger partial charge in [0.15, 0.2) is 17.6 Å². The number of aryl methyl sites for hydroxylation is 1. The molecule has 1 unspecified atom stereocenters. The van der Waals surface area contributed by atoms with E-state index in [9.17, 15) is 4.79 Å². The summed E-state index contributed by atoms with van der Waals surface area (Å²) in [7, 11) is 1.58. The first-order valence-electron chi connectivity index (χ1n) is 5.75. The molecule has 0 fully saturated rings. The van der Waals surface area contributed by atoms with Crippen LogP contribution in [-0.2, 0) is 11.2 Å². The Balaban J connectivity index is 2.93. The summed E-state index contributed by atoms with van der Waals surface area (Å²) >= 11 is 0. The van der Waals surface area contributed by atoms with Gasteiger partial charge in [0.25, 0.3) is 5.91 Å². The van der Waals surface area contributed by atoms with Crippen LogP contribution in [-0.4, -0.2) is 19.1 Å². The molecule has 1 rings (SSSR count). The second-order valence-electron chi connectivity index (χ2n) is 3.76. The summed E-state index contributed by atoms with van der Waals surface area (Å²) in [4.78, 5) is 11.1. The van der Waals surface area contributed by atoms with Crippen LogP contribution in [0.4, 0.5) is 0 Å². The number of carbonyl (C=O) groups excluding carboxylic acids is 1. The first-order chi connectivity index (χ1) is 8.12. The number of hydrogen-bond donors (Lipinski definition) is 1. The first kappa shape index (κ1) is 13.4. The number of amides is 1. The molecule has 4 nitrogen and oxygen atoms in total. The molecule has 4 heteroatoms. The highest BCUT2D eigenvalue weighted by Gasteiger charge is 2.16. The number of primary amides is 1. The van der Waals surface area contributed by atoms with E-state index in [2.05, 4.69) is 6.92 Å². The highest BCUT2D eigenvalue weighted by molar-refractivity contribution is 5.79. The Morgan fingerprint density at radius 1 is 1.35 bits per heavy atom. The van der Waals surface area contributed by atoms with Crippen LogP contribution in [0.3, 0.4) is 0 Å². The fraction of sp³-hybridized carbons (Fsp3) is 0.462. The van der Waals surface area contributed by atoms with Gasteiger partial charge >= 0.3 is 0 Å². The number of nitrogens with two attached hydrogens (primary N) is 1. The van der Waals surface area contributed by atoms with Crippen LogP contribution in [0, 0.1) is 0 Å². The maximum absolute atomic E-state index is 11.1. The second-order valence-corrected chi connectivity index (χ2v) is 3.76. The molecule has 1 aromatic carbocycles. The quantitative estimate of drug-likeness (QED) is 0.822. The second kappa shape index (κ2) is 6.13. The number of hydrogen-bond acceptors (Lipinski definition) is 3. The Morgan fingerprint density at radius 3 is 2.53 bits per heavy atom. The lowest BCUT2D eigenvalue weighted by Crippen LogP contribution is -2.33. The van der Waals surface area contributed by atoms with Gasteiger partial charge < -0.3 is 15.2 Å². The third-order valence-corrected chi connectivity index (χ3v) is 2.59. The molecule has 0 saturated carbocycles.